The highest BCUT2D eigenvalue weighted by Gasteiger charge is 2.16. The Morgan fingerprint density at radius 3 is 2.65 bits per heavy atom. The second-order valence-corrected chi connectivity index (χ2v) is 4.99. The number of carbonyl (C=O) groups excluding carboxylic acids is 2. The average Bonchev–Trinajstić information content (AvgIpc) is 2.89. The van der Waals surface area contributed by atoms with Crippen molar-refractivity contribution in [3.8, 4) is 0 Å². The minimum atomic E-state index is -0.444. The molecular formula is C12H22N6O2. The summed E-state index contributed by atoms with van der Waals surface area (Å²) in [6, 6.07) is -0.444. The summed E-state index contributed by atoms with van der Waals surface area (Å²) in [6.45, 7) is 6.60. The van der Waals surface area contributed by atoms with Crippen molar-refractivity contribution < 1.29 is 9.59 Å². The molecule has 2 amide bonds. The lowest BCUT2D eigenvalue weighted by Crippen LogP contribution is -2.33. The van der Waals surface area contributed by atoms with Crippen molar-refractivity contribution in [1.29, 1.82) is 0 Å². The van der Waals surface area contributed by atoms with Crippen molar-refractivity contribution in [2.24, 2.45) is 11.7 Å². The summed E-state index contributed by atoms with van der Waals surface area (Å²) in [5.41, 5.74) is 5.76. The first-order chi connectivity index (χ1) is 9.43. The first-order valence-corrected chi connectivity index (χ1v) is 6.59. The first-order valence-electron chi connectivity index (χ1n) is 6.59. The van der Waals surface area contributed by atoms with Crippen molar-refractivity contribution >= 4 is 11.8 Å². The summed E-state index contributed by atoms with van der Waals surface area (Å²) in [5.74, 6) is 0.0207. The third-order valence-electron chi connectivity index (χ3n) is 2.67. The van der Waals surface area contributed by atoms with Gasteiger partial charge < -0.3 is 16.4 Å². The lowest BCUT2D eigenvalue weighted by molar-refractivity contribution is -0.124. The number of hydrogen-bond donors (Lipinski definition) is 3. The van der Waals surface area contributed by atoms with E-state index in [0.717, 1.165) is 0 Å². The highest BCUT2D eigenvalue weighted by molar-refractivity contribution is 5.79. The quantitative estimate of drug-likeness (QED) is 0.605. The molecule has 0 radical (unpaired) electrons. The van der Waals surface area contributed by atoms with Crippen LogP contribution in [-0.4, -0.2) is 39.9 Å². The molecule has 0 aliphatic carbocycles. The third kappa shape index (κ3) is 4.96. The Hall–Kier alpha value is -1.96. The van der Waals surface area contributed by atoms with Gasteiger partial charge in [-0.25, -0.2) is 4.68 Å². The summed E-state index contributed by atoms with van der Waals surface area (Å²) >= 11 is 0. The molecule has 1 aromatic rings. The maximum Gasteiger partial charge on any atom is 0.244 e. The number of nitrogens with one attached hydrogen (secondary N) is 2. The number of rotatable bonds is 7. The summed E-state index contributed by atoms with van der Waals surface area (Å²) < 4.78 is 1.47. The van der Waals surface area contributed by atoms with Gasteiger partial charge in [0.05, 0.1) is 19.3 Å². The fourth-order valence-electron chi connectivity index (χ4n) is 1.42. The Morgan fingerprint density at radius 2 is 2.05 bits per heavy atom. The molecule has 0 saturated heterocycles. The van der Waals surface area contributed by atoms with Crippen LogP contribution in [0, 0.1) is 5.92 Å². The number of nitrogens with two attached hydrogens (primary N) is 1. The molecule has 20 heavy (non-hydrogen) atoms. The molecule has 1 atom stereocenters. The average molecular weight is 282 g/mol. The Balaban J connectivity index is 2.53. The van der Waals surface area contributed by atoms with Crippen molar-refractivity contribution in [2.75, 3.05) is 13.1 Å². The van der Waals surface area contributed by atoms with Crippen LogP contribution in [0.1, 0.15) is 32.5 Å². The summed E-state index contributed by atoms with van der Waals surface area (Å²) in [6.07, 6.45) is 1.64. The van der Waals surface area contributed by atoms with E-state index in [9.17, 15) is 9.59 Å². The zero-order valence-corrected chi connectivity index (χ0v) is 12.1. The number of amides is 2. The Labute approximate surface area is 118 Å². The van der Waals surface area contributed by atoms with Crippen molar-refractivity contribution in [3.05, 3.63) is 11.9 Å². The van der Waals surface area contributed by atoms with Crippen LogP contribution in [-0.2, 0) is 16.1 Å². The molecule has 0 aliphatic rings. The maximum atomic E-state index is 11.9. The zero-order chi connectivity index (χ0) is 15.1. The molecule has 8 nitrogen and oxygen atoms in total. The largest absolute Gasteiger partial charge is 0.354 e. The fraction of sp³-hybridized carbons (Fsp3) is 0.667. The lowest BCUT2D eigenvalue weighted by Gasteiger charge is -2.13. The van der Waals surface area contributed by atoms with Gasteiger partial charge in [0.1, 0.15) is 11.7 Å². The van der Waals surface area contributed by atoms with Crippen molar-refractivity contribution in [3.63, 3.8) is 0 Å². The Kier molecular flexibility index (Phi) is 6.10. The van der Waals surface area contributed by atoms with Crippen LogP contribution in [0.5, 0.6) is 0 Å². The maximum absolute atomic E-state index is 11.9. The topological polar surface area (TPSA) is 115 Å². The van der Waals surface area contributed by atoms with Gasteiger partial charge in [-0.3, -0.25) is 9.59 Å². The summed E-state index contributed by atoms with van der Waals surface area (Å²) in [5, 5.41) is 13.2. The van der Waals surface area contributed by atoms with E-state index in [-0.39, 0.29) is 24.9 Å². The molecule has 4 N–H and O–H groups in total. The molecule has 8 heteroatoms. The standard InChI is InChI=1S/C12H22N6O2/c1-8(2)5-15-12(20)9(3)18-7-10(16-17-18)6-14-11(19)4-13/h7-9H,4-6,13H2,1-3H3,(H,14,19)(H,15,20). The third-order valence-corrected chi connectivity index (χ3v) is 2.67. The lowest BCUT2D eigenvalue weighted by atomic mass is 10.2. The number of carbonyl (C=O) groups is 2. The molecule has 0 aliphatic heterocycles. The van der Waals surface area contributed by atoms with Crippen molar-refractivity contribution in [1.82, 2.24) is 25.6 Å². The number of nitrogens with zero attached hydrogens (tertiary/aromatic N) is 3. The molecule has 112 valence electrons. The smallest absolute Gasteiger partial charge is 0.244 e. The normalized spacial score (nSPS) is 12.2. The van der Waals surface area contributed by atoms with Gasteiger partial charge in [0.25, 0.3) is 0 Å². The Bertz CT molecular complexity index is 457. The van der Waals surface area contributed by atoms with E-state index in [1.807, 2.05) is 13.8 Å². The molecule has 1 heterocycles. The monoisotopic (exact) mass is 282 g/mol. The highest BCUT2D eigenvalue weighted by atomic mass is 16.2. The van der Waals surface area contributed by atoms with Gasteiger partial charge in [0, 0.05) is 6.54 Å². The van der Waals surface area contributed by atoms with E-state index >= 15 is 0 Å². The van der Waals surface area contributed by atoms with Crippen LogP contribution in [0.25, 0.3) is 0 Å². The predicted octanol–water partition coefficient (Wildman–Crippen LogP) is -0.814. The van der Waals surface area contributed by atoms with Crippen LogP contribution in [0.15, 0.2) is 6.20 Å². The number of aromatic nitrogens is 3. The van der Waals surface area contributed by atoms with E-state index in [0.29, 0.717) is 18.2 Å². The van der Waals surface area contributed by atoms with E-state index < -0.39 is 6.04 Å². The van der Waals surface area contributed by atoms with Gasteiger partial charge in [-0.2, -0.15) is 0 Å². The fourth-order valence-corrected chi connectivity index (χ4v) is 1.42. The van der Waals surface area contributed by atoms with Gasteiger partial charge >= 0.3 is 0 Å². The molecule has 1 aromatic heterocycles. The van der Waals surface area contributed by atoms with E-state index in [2.05, 4.69) is 20.9 Å². The van der Waals surface area contributed by atoms with E-state index in [1.54, 1.807) is 13.1 Å². The molecule has 0 fully saturated rings. The van der Waals surface area contributed by atoms with Gasteiger partial charge in [0.2, 0.25) is 11.8 Å². The highest BCUT2D eigenvalue weighted by Crippen LogP contribution is 2.05. The van der Waals surface area contributed by atoms with Crippen LogP contribution in [0.2, 0.25) is 0 Å². The molecule has 0 bridgehead atoms. The van der Waals surface area contributed by atoms with Gasteiger partial charge in [-0.15, -0.1) is 5.10 Å². The first kappa shape index (κ1) is 16.1. The van der Waals surface area contributed by atoms with E-state index in [1.165, 1.54) is 4.68 Å². The van der Waals surface area contributed by atoms with Crippen LogP contribution >= 0.6 is 0 Å². The molecule has 0 aromatic carbocycles. The Morgan fingerprint density at radius 1 is 1.35 bits per heavy atom. The minimum absolute atomic E-state index is 0.0673. The zero-order valence-electron chi connectivity index (χ0n) is 12.1. The summed E-state index contributed by atoms with van der Waals surface area (Å²) in [4.78, 5) is 22.9. The second-order valence-electron chi connectivity index (χ2n) is 4.99. The van der Waals surface area contributed by atoms with Crippen LogP contribution in [0.3, 0.4) is 0 Å². The predicted molar refractivity (Wildman–Crippen MR) is 73.5 cm³/mol. The van der Waals surface area contributed by atoms with Gasteiger partial charge in [-0.1, -0.05) is 19.1 Å². The van der Waals surface area contributed by atoms with Crippen LogP contribution < -0.4 is 16.4 Å². The molecule has 1 rings (SSSR count). The molecule has 0 spiro atoms. The number of hydrogen-bond acceptors (Lipinski definition) is 5. The van der Waals surface area contributed by atoms with Crippen LogP contribution in [0.4, 0.5) is 0 Å². The SMILES string of the molecule is CC(C)CNC(=O)C(C)n1cc(CNC(=O)CN)nn1. The molecule has 1 unspecified atom stereocenters. The van der Waals surface area contributed by atoms with Crippen molar-refractivity contribution in [2.45, 2.75) is 33.4 Å². The van der Waals surface area contributed by atoms with Gasteiger partial charge in [-0.05, 0) is 12.8 Å². The second kappa shape index (κ2) is 7.59. The van der Waals surface area contributed by atoms with E-state index in [4.69, 9.17) is 5.73 Å². The minimum Gasteiger partial charge on any atom is -0.354 e. The molecular weight excluding hydrogens is 260 g/mol. The van der Waals surface area contributed by atoms with Gasteiger partial charge in [0.15, 0.2) is 0 Å². The summed E-state index contributed by atoms with van der Waals surface area (Å²) in [7, 11) is 0. The molecule has 0 saturated carbocycles.